The lowest BCUT2D eigenvalue weighted by molar-refractivity contribution is -0.121. The molecule has 3 amide bonds. The van der Waals surface area contributed by atoms with E-state index < -0.39 is 5.91 Å². The Hall–Kier alpha value is -3.93. The first kappa shape index (κ1) is 19.8. The van der Waals surface area contributed by atoms with Gasteiger partial charge in [-0.1, -0.05) is 48.0 Å². The van der Waals surface area contributed by atoms with E-state index in [0.29, 0.717) is 16.8 Å². The van der Waals surface area contributed by atoms with E-state index in [1.54, 1.807) is 36.4 Å². The Morgan fingerprint density at radius 2 is 1.28 bits per heavy atom. The van der Waals surface area contributed by atoms with Crippen LogP contribution in [0.2, 0.25) is 0 Å². The van der Waals surface area contributed by atoms with Crippen LogP contribution in [0.5, 0.6) is 0 Å². The number of carbonyl (C=O) groups is 3. The van der Waals surface area contributed by atoms with E-state index >= 15 is 0 Å². The van der Waals surface area contributed by atoms with Crippen molar-refractivity contribution in [3.63, 3.8) is 0 Å². The molecule has 0 aliphatic carbocycles. The molecule has 0 atom stereocenters. The molecular weight excluding hydrogens is 366 g/mol. The highest BCUT2D eigenvalue weighted by atomic mass is 16.2. The van der Waals surface area contributed by atoms with Crippen LogP contribution in [0.15, 0.2) is 78.9 Å². The molecule has 3 aromatic rings. The topological polar surface area (TPSA) is 87.3 Å². The molecule has 0 saturated heterocycles. The summed E-state index contributed by atoms with van der Waals surface area (Å²) in [6.45, 7) is 1.95. The van der Waals surface area contributed by atoms with E-state index in [-0.39, 0.29) is 18.2 Å². The molecule has 6 nitrogen and oxygen atoms in total. The quantitative estimate of drug-likeness (QED) is 0.587. The molecule has 3 N–H and O–H groups in total. The maximum absolute atomic E-state index is 12.2. The van der Waals surface area contributed by atoms with Crippen molar-refractivity contribution in [1.29, 1.82) is 0 Å². The van der Waals surface area contributed by atoms with Crippen molar-refractivity contribution in [3.8, 4) is 0 Å². The molecule has 0 fully saturated rings. The van der Waals surface area contributed by atoms with E-state index in [4.69, 9.17) is 0 Å². The van der Waals surface area contributed by atoms with Gasteiger partial charge in [0.2, 0.25) is 5.91 Å². The van der Waals surface area contributed by atoms with Gasteiger partial charge in [-0.2, -0.15) is 0 Å². The minimum absolute atomic E-state index is 0.172. The number of hydrogen-bond acceptors (Lipinski definition) is 3. The molecule has 0 aromatic heterocycles. The lowest BCUT2D eigenvalue weighted by Gasteiger charge is -2.09. The van der Waals surface area contributed by atoms with Crippen molar-refractivity contribution in [2.75, 3.05) is 5.32 Å². The molecule has 0 spiro atoms. The average Bonchev–Trinajstić information content (AvgIpc) is 2.74. The van der Waals surface area contributed by atoms with E-state index in [1.807, 2.05) is 49.4 Å². The van der Waals surface area contributed by atoms with Crippen LogP contribution in [-0.4, -0.2) is 17.7 Å². The zero-order chi connectivity index (χ0) is 20.6. The number of hydrazine groups is 1. The van der Waals surface area contributed by atoms with Gasteiger partial charge in [-0.3, -0.25) is 25.2 Å². The summed E-state index contributed by atoms with van der Waals surface area (Å²) in [6.07, 6.45) is 0.172. The summed E-state index contributed by atoms with van der Waals surface area (Å²) in [6, 6.07) is 22.9. The van der Waals surface area contributed by atoms with Crippen molar-refractivity contribution < 1.29 is 14.4 Å². The minimum atomic E-state index is -0.442. The number of carbonyl (C=O) groups excluding carboxylic acids is 3. The highest BCUT2D eigenvalue weighted by molar-refractivity contribution is 6.04. The smallest absolute Gasteiger partial charge is 0.269 e. The summed E-state index contributed by atoms with van der Waals surface area (Å²) in [5, 5.41) is 2.78. The molecule has 3 aromatic carbocycles. The van der Waals surface area contributed by atoms with Crippen LogP contribution in [0.25, 0.3) is 0 Å². The number of rotatable bonds is 5. The van der Waals surface area contributed by atoms with Crippen molar-refractivity contribution in [3.05, 3.63) is 101 Å². The van der Waals surface area contributed by atoms with Crippen LogP contribution in [-0.2, 0) is 11.2 Å². The van der Waals surface area contributed by atoms with Crippen LogP contribution in [0.1, 0.15) is 31.8 Å². The molecule has 3 rings (SSSR count). The monoisotopic (exact) mass is 387 g/mol. The average molecular weight is 387 g/mol. The second kappa shape index (κ2) is 9.32. The zero-order valence-electron chi connectivity index (χ0n) is 15.9. The second-order valence-electron chi connectivity index (χ2n) is 6.56. The van der Waals surface area contributed by atoms with Crippen molar-refractivity contribution in [2.24, 2.45) is 0 Å². The molecule has 0 heterocycles. The molecule has 0 bridgehead atoms. The van der Waals surface area contributed by atoms with Gasteiger partial charge in [0.15, 0.2) is 0 Å². The Morgan fingerprint density at radius 3 is 1.93 bits per heavy atom. The molecule has 6 heteroatoms. The lowest BCUT2D eigenvalue weighted by Crippen LogP contribution is -2.42. The van der Waals surface area contributed by atoms with Crippen molar-refractivity contribution in [2.45, 2.75) is 13.3 Å². The third-order valence-electron chi connectivity index (χ3n) is 4.24. The number of nitrogens with one attached hydrogen (secondary N) is 3. The first-order chi connectivity index (χ1) is 14.0. The Labute approximate surface area is 168 Å². The summed E-state index contributed by atoms with van der Waals surface area (Å²) in [4.78, 5) is 36.3. The van der Waals surface area contributed by atoms with Gasteiger partial charge < -0.3 is 5.32 Å². The van der Waals surface area contributed by atoms with Gasteiger partial charge in [-0.25, -0.2) is 0 Å². The molecule has 29 heavy (non-hydrogen) atoms. The number of hydrogen-bond donors (Lipinski definition) is 3. The van der Waals surface area contributed by atoms with Crippen LogP contribution >= 0.6 is 0 Å². The largest absolute Gasteiger partial charge is 0.322 e. The van der Waals surface area contributed by atoms with Gasteiger partial charge >= 0.3 is 0 Å². The van der Waals surface area contributed by atoms with E-state index in [0.717, 1.165) is 11.1 Å². The summed E-state index contributed by atoms with van der Waals surface area (Å²) in [7, 11) is 0. The fourth-order valence-corrected chi connectivity index (χ4v) is 2.64. The maximum Gasteiger partial charge on any atom is 0.269 e. The third-order valence-corrected chi connectivity index (χ3v) is 4.24. The first-order valence-corrected chi connectivity index (χ1v) is 9.12. The normalized spacial score (nSPS) is 10.1. The number of amides is 3. The lowest BCUT2D eigenvalue weighted by atomic mass is 10.1. The Balaban J connectivity index is 1.51. The molecular formula is C23H21N3O3. The SMILES string of the molecule is Cc1ccc(C(=O)Nc2ccc(C(=O)NNC(=O)Cc3ccccc3)cc2)cc1. The summed E-state index contributed by atoms with van der Waals surface area (Å²) >= 11 is 0. The van der Waals surface area contributed by atoms with E-state index in [9.17, 15) is 14.4 Å². The van der Waals surface area contributed by atoms with E-state index in [2.05, 4.69) is 16.2 Å². The predicted octanol–water partition coefficient (Wildman–Crippen LogP) is 3.25. The Kier molecular flexibility index (Phi) is 6.37. The zero-order valence-corrected chi connectivity index (χ0v) is 15.9. The van der Waals surface area contributed by atoms with Crippen LogP contribution in [0.3, 0.4) is 0 Å². The Bertz CT molecular complexity index is 998. The van der Waals surface area contributed by atoms with Crippen LogP contribution < -0.4 is 16.2 Å². The molecule has 0 aliphatic heterocycles. The molecule has 0 radical (unpaired) electrons. The van der Waals surface area contributed by atoms with Gasteiger partial charge in [0, 0.05) is 16.8 Å². The van der Waals surface area contributed by atoms with Crippen molar-refractivity contribution >= 4 is 23.4 Å². The van der Waals surface area contributed by atoms with Crippen molar-refractivity contribution in [1.82, 2.24) is 10.9 Å². The fraction of sp³-hybridized carbons (Fsp3) is 0.0870. The van der Waals surface area contributed by atoms with Gasteiger partial charge in [0.05, 0.1) is 6.42 Å². The number of aryl methyl sites for hydroxylation is 1. The number of anilines is 1. The van der Waals surface area contributed by atoms with Gasteiger partial charge in [-0.15, -0.1) is 0 Å². The predicted molar refractivity (Wildman–Crippen MR) is 111 cm³/mol. The second-order valence-corrected chi connectivity index (χ2v) is 6.56. The maximum atomic E-state index is 12.2. The molecule has 146 valence electrons. The fourth-order valence-electron chi connectivity index (χ4n) is 2.64. The first-order valence-electron chi connectivity index (χ1n) is 9.12. The van der Waals surface area contributed by atoms with Gasteiger partial charge in [0.1, 0.15) is 0 Å². The molecule has 0 saturated carbocycles. The van der Waals surface area contributed by atoms with E-state index in [1.165, 1.54) is 0 Å². The number of benzene rings is 3. The summed E-state index contributed by atoms with van der Waals surface area (Å²) in [5.41, 5.74) is 8.19. The highest BCUT2D eigenvalue weighted by Crippen LogP contribution is 2.12. The Morgan fingerprint density at radius 1 is 0.690 bits per heavy atom. The highest BCUT2D eigenvalue weighted by Gasteiger charge is 2.09. The minimum Gasteiger partial charge on any atom is -0.322 e. The van der Waals surface area contributed by atoms with Crippen LogP contribution in [0.4, 0.5) is 5.69 Å². The third kappa shape index (κ3) is 5.77. The standard InChI is InChI=1S/C23H21N3O3/c1-16-7-9-18(10-8-16)22(28)24-20-13-11-19(12-14-20)23(29)26-25-21(27)15-17-5-3-2-4-6-17/h2-14H,15H2,1H3,(H,24,28)(H,25,27)(H,26,29). The molecule has 0 aliphatic rings. The van der Waals surface area contributed by atoms with Crippen LogP contribution in [0, 0.1) is 6.92 Å². The summed E-state index contributed by atoms with van der Waals surface area (Å²) < 4.78 is 0. The van der Waals surface area contributed by atoms with Gasteiger partial charge in [0.25, 0.3) is 11.8 Å². The van der Waals surface area contributed by atoms with Gasteiger partial charge in [-0.05, 0) is 48.9 Å². The molecule has 0 unspecified atom stereocenters. The summed E-state index contributed by atoms with van der Waals surface area (Å²) in [5.74, 6) is -0.982.